The number of anilines is 3. The molecule has 39 heavy (non-hydrogen) atoms. The topological polar surface area (TPSA) is 105 Å². The van der Waals surface area contributed by atoms with Crippen molar-refractivity contribution in [1.82, 2.24) is 9.88 Å². The lowest BCUT2D eigenvalue weighted by Gasteiger charge is -2.44. The number of methoxy groups -OCH3 is 1. The highest BCUT2D eigenvalue weighted by molar-refractivity contribution is 6.04. The van der Waals surface area contributed by atoms with Crippen molar-refractivity contribution in [3.8, 4) is 5.75 Å². The lowest BCUT2D eigenvalue weighted by atomic mass is 9.83. The third-order valence-electron chi connectivity index (χ3n) is 7.47. The van der Waals surface area contributed by atoms with Gasteiger partial charge in [0.2, 0.25) is 0 Å². The lowest BCUT2D eigenvalue weighted by molar-refractivity contribution is 0.0953. The minimum Gasteiger partial charge on any atom is -0.497 e. The van der Waals surface area contributed by atoms with Crippen molar-refractivity contribution in [2.45, 2.75) is 38.6 Å². The third-order valence-corrected chi connectivity index (χ3v) is 7.47. The van der Waals surface area contributed by atoms with Gasteiger partial charge in [0.05, 0.1) is 18.5 Å². The SMILES string of the molecule is CCCCNC(=O)c1ccc(N2C[C@H]3C[C@@H](C2)c2cccc(=O)n2C3)c(NC(=O)Nc2cccc(OC)c2)c1. The number of fused-ring (bicyclic) bond motifs is 4. The second-order valence-electron chi connectivity index (χ2n) is 10.3. The number of amides is 3. The summed E-state index contributed by atoms with van der Waals surface area (Å²) in [6.07, 6.45) is 2.92. The van der Waals surface area contributed by atoms with Crippen molar-refractivity contribution < 1.29 is 14.3 Å². The van der Waals surface area contributed by atoms with Gasteiger partial charge in [0.1, 0.15) is 5.75 Å². The molecule has 3 heterocycles. The number of hydrogen-bond acceptors (Lipinski definition) is 5. The molecule has 1 fully saturated rings. The van der Waals surface area contributed by atoms with Crippen LogP contribution in [-0.4, -0.2) is 43.2 Å². The van der Waals surface area contributed by atoms with Crippen LogP contribution in [0.15, 0.2) is 65.5 Å². The quantitative estimate of drug-likeness (QED) is 0.369. The van der Waals surface area contributed by atoms with E-state index in [1.165, 1.54) is 0 Å². The molecule has 1 saturated heterocycles. The van der Waals surface area contributed by atoms with E-state index < -0.39 is 6.03 Å². The summed E-state index contributed by atoms with van der Waals surface area (Å²) in [6, 6.07) is 17.7. The number of pyridine rings is 1. The number of carbonyl (C=O) groups excluding carboxylic acids is 2. The van der Waals surface area contributed by atoms with E-state index >= 15 is 0 Å². The fourth-order valence-electron chi connectivity index (χ4n) is 5.61. The normalized spacial score (nSPS) is 17.6. The Morgan fingerprint density at radius 1 is 1.00 bits per heavy atom. The Labute approximate surface area is 228 Å². The Hall–Kier alpha value is -4.27. The first kappa shape index (κ1) is 26.3. The van der Waals surface area contributed by atoms with Gasteiger partial charge in [-0.3, -0.25) is 9.59 Å². The van der Waals surface area contributed by atoms with E-state index in [2.05, 4.69) is 27.8 Å². The molecule has 3 amide bonds. The number of carbonyl (C=O) groups is 2. The summed E-state index contributed by atoms with van der Waals surface area (Å²) in [5, 5.41) is 8.79. The molecule has 0 saturated carbocycles. The average molecular weight is 530 g/mol. The minimum atomic E-state index is -0.415. The highest BCUT2D eigenvalue weighted by atomic mass is 16.5. The molecule has 0 spiro atoms. The summed E-state index contributed by atoms with van der Waals surface area (Å²) in [6.45, 7) is 4.83. The van der Waals surface area contributed by atoms with Crippen LogP contribution >= 0.6 is 0 Å². The molecule has 9 nitrogen and oxygen atoms in total. The van der Waals surface area contributed by atoms with Crippen LogP contribution in [0.4, 0.5) is 21.9 Å². The molecular formula is C30H35N5O4. The van der Waals surface area contributed by atoms with Crippen molar-refractivity contribution in [2.24, 2.45) is 5.92 Å². The van der Waals surface area contributed by atoms with Gasteiger partial charge in [-0.1, -0.05) is 25.5 Å². The number of rotatable bonds is 8. The van der Waals surface area contributed by atoms with Crippen molar-refractivity contribution in [3.05, 3.63) is 82.3 Å². The van der Waals surface area contributed by atoms with Crippen LogP contribution in [0, 0.1) is 5.92 Å². The molecule has 2 aliphatic rings. The van der Waals surface area contributed by atoms with Gasteiger partial charge in [-0.25, -0.2) is 4.79 Å². The molecule has 0 aliphatic carbocycles. The number of nitrogens with one attached hydrogen (secondary N) is 3. The zero-order valence-electron chi connectivity index (χ0n) is 22.4. The zero-order valence-corrected chi connectivity index (χ0v) is 22.4. The summed E-state index contributed by atoms with van der Waals surface area (Å²) in [5.41, 5.74) is 3.59. The molecule has 2 aliphatic heterocycles. The Kier molecular flexibility index (Phi) is 7.86. The maximum absolute atomic E-state index is 13.1. The fraction of sp³-hybridized carbons (Fsp3) is 0.367. The number of nitrogens with zero attached hydrogens (tertiary/aromatic N) is 2. The molecule has 0 radical (unpaired) electrons. The largest absolute Gasteiger partial charge is 0.497 e. The van der Waals surface area contributed by atoms with Gasteiger partial charge in [0.25, 0.3) is 11.5 Å². The smallest absolute Gasteiger partial charge is 0.323 e. The summed E-state index contributed by atoms with van der Waals surface area (Å²) in [5.74, 6) is 0.988. The molecule has 3 N–H and O–H groups in total. The van der Waals surface area contributed by atoms with E-state index in [0.29, 0.717) is 48.2 Å². The number of aromatic nitrogens is 1. The van der Waals surface area contributed by atoms with E-state index in [-0.39, 0.29) is 17.4 Å². The standard InChI is InChI=1S/C30H35N5O4/c1-3-4-13-31-29(37)21-11-12-27(25(15-21)33-30(38)32-23-7-5-8-24(16-23)39-2)34-17-20-14-22(19-34)26-9-6-10-28(36)35(26)18-20/h5-12,15-16,20,22H,3-4,13-14,17-19H2,1-2H3,(H,31,37)(H2,32,33,38)/t20-,22+/m1/s1. The van der Waals surface area contributed by atoms with Crippen LogP contribution in [0.5, 0.6) is 5.75 Å². The first-order chi connectivity index (χ1) is 18.9. The van der Waals surface area contributed by atoms with Crippen LogP contribution in [0.2, 0.25) is 0 Å². The van der Waals surface area contributed by atoms with Gasteiger partial charge in [0, 0.05) is 61.2 Å². The van der Waals surface area contributed by atoms with Crippen LogP contribution in [0.25, 0.3) is 0 Å². The molecule has 2 bridgehead atoms. The van der Waals surface area contributed by atoms with Gasteiger partial charge in [-0.15, -0.1) is 0 Å². The van der Waals surface area contributed by atoms with Gasteiger partial charge >= 0.3 is 6.03 Å². The molecular weight excluding hydrogens is 494 g/mol. The van der Waals surface area contributed by atoms with Gasteiger partial charge in [-0.05, 0) is 55.2 Å². The zero-order chi connectivity index (χ0) is 27.4. The molecule has 0 unspecified atom stereocenters. The highest BCUT2D eigenvalue weighted by Gasteiger charge is 2.35. The predicted molar refractivity (Wildman–Crippen MR) is 153 cm³/mol. The van der Waals surface area contributed by atoms with Crippen molar-refractivity contribution in [1.29, 1.82) is 0 Å². The number of hydrogen-bond donors (Lipinski definition) is 3. The van der Waals surface area contributed by atoms with Crippen LogP contribution in [0.1, 0.15) is 48.2 Å². The average Bonchev–Trinajstić information content (AvgIpc) is 2.93. The summed E-state index contributed by atoms with van der Waals surface area (Å²) >= 11 is 0. The second kappa shape index (κ2) is 11.6. The van der Waals surface area contributed by atoms with Gasteiger partial charge < -0.3 is 30.2 Å². The lowest BCUT2D eigenvalue weighted by Crippen LogP contribution is -2.47. The number of unbranched alkanes of at least 4 members (excludes halogenated alkanes) is 1. The highest BCUT2D eigenvalue weighted by Crippen LogP contribution is 2.39. The molecule has 1 aromatic heterocycles. The number of ether oxygens (including phenoxy) is 1. The predicted octanol–water partition coefficient (Wildman–Crippen LogP) is 4.65. The van der Waals surface area contributed by atoms with E-state index in [1.54, 1.807) is 43.5 Å². The molecule has 2 aromatic carbocycles. The van der Waals surface area contributed by atoms with Crippen LogP contribution in [0.3, 0.4) is 0 Å². The van der Waals surface area contributed by atoms with Crippen LogP contribution < -0.4 is 31.1 Å². The summed E-state index contributed by atoms with van der Waals surface area (Å²) < 4.78 is 7.16. The van der Waals surface area contributed by atoms with Crippen molar-refractivity contribution in [3.63, 3.8) is 0 Å². The van der Waals surface area contributed by atoms with E-state index in [1.807, 2.05) is 28.8 Å². The number of piperidine rings is 1. The summed E-state index contributed by atoms with van der Waals surface area (Å²) in [7, 11) is 1.57. The maximum Gasteiger partial charge on any atom is 0.323 e. The van der Waals surface area contributed by atoms with E-state index in [0.717, 1.165) is 37.2 Å². The number of benzene rings is 2. The molecule has 3 aromatic rings. The minimum absolute atomic E-state index is 0.0469. The first-order valence-electron chi connectivity index (χ1n) is 13.5. The third kappa shape index (κ3) is 5.92. The van der Waals surface area contributed by atoms with E-state index in [4.69, 9.17) is 4.74 Å². The van der Waals surface area contributed by atoms with Crippen molar-refractivity contribution in [2.75, 3.05) is 42.3 Å². The first-order valence-corrected chi connectivity index (χ1v) is 13.5. The Bertz CT molecular complexity index is 1420. The van der Waals surface area contributed by atoms with Gasteiger partial charge in [0.15, 0.2) is 0 Å². The Morgan fingerprint density at radius 2 is 1.85 bits per heavy atom. The Balaban J connectivity index is 1.41. The monoisotopic (exact) mass is 529 g/mol. The molecule has 9 heteroatoms. The van der Waals surface area contributed by atoms with Gasteiger partial charge in [-0.2, -0.15) is 0 Å². The summed E-state index contributed by atoms with van der Waals surface area (Å²) in [4.78, 5) is 40.6. The maximum atomic E-state index is 13.1. The molecule has 204 valence electrons. The molecule has 5 rings (SSSR count). The molecule has 2 atom stereocenters. The van der Waals surface area contributed by atoms with Crippen molar-refractivity contribution >= 4 is 29.0 Å². The number of urea groups is 1. The van der Waals surface area contributed by atoms with E-state index in [9.17, 15) is 14.4 Å². The van der Waals surface area contributed by atoms with Crippen LogP contribution in [-0.2, 0) is 6.54 Å². The fourth-order valence-corrected chi connectivity index (χ4v) is 5.61. The second-order valence-corrected chi connectivity index (χ2v) is 10.3. The Morgan fingerprint density at radius 3 is 2.67 bits per heavy atom.